The Hall–Kier alpha value is -0.680. The standard InChI is InChI=1S/C15H20BrF2NO/c1-11-13(16)3-2-4-14(11)20-10-15(17,18)9-12-5-7-19-8-6-12/h2-4,12,19H,5-10H2,1H3. The van der Waals surface area contributed by atoms with Gasteiger partial charge >= 0.3 is 0 Å². The van der Waals surface area contributed by atoms with Gasteiger partial charge < -0.3 is 10.1 Å². The van der Waals surface area contributed by atoms with Crippen LogP contribution in [0.1, 0.15) is 24.8 Å². The molecule has 5 heteroatoms. The summed E-state index contributed by atoms with van der Waals surface area (Å²) in [5.41, 5.74) is 0.852. The van der Waals surface area contributed by atoms with Gasteiger partial charge in [0.05, 0.1) is 0 Å². The zero-order valence-corrected chi connectivity index (χ0v) is 13.2. The molecule has 1 aliphatic rings. The van der Waals surface area contributed by atoms with Crippen molar-refractivity contribution in [3.63, 3.8) is 0 Å². The van der Waals surface area contributed by atoms with E-state index in [0.717, 1.165) is 36.0 Å². The van der Waals surface area contributed by atoms with E-state index in [4.69, 9.17) is 4.74 Å². The molecule has 1 aromatic carbocycles. The summed E-state index contributed by atoms with van der Waals surface area (Å²) in [7, 11) is 0. The second-order valence-corrected chi connectivity index (χ2v) is 6.26. The second kappa shape index (κ2) is 6.85. The fourth-order valence-electron chi connectivity index (χ4n) is 2.49. The Balaban J connectivity index is 1.89. The first-order valence-electron chi connectivity index (χ1n) is 6.94. The minimum atomic E-state index is -2.77. The summed E-state index contributed by atoms with van der Waals surface area (Å²) in [5, 5.41) is 3.19. The van der Waals surface area contributed by atoms with Crippen molar-refractivity contribution in [2.24, 2.45) is 5.92 Å². The van der Waals surface area contributed by atoms with Crippen LogP contribution in [-0.4, -0.2) is 25.6 Å². The predicted octanol–water partition coefficient (Wildman–Crippen LogP) is 4.16. The summed E-state index contributed by atoms with van der Waals surface area (Å²) >= 11 is 3.37. The van der Waals surface area contributed by atoms with Crippen LogP contribution in [0.15, 0.2) is 22.7 Å². The van der Waals surface area contributed by atoms with Gasteiger partial charge in [0.1, 0.15) is 5.75 Å². The molecule has 0 saturated carbocycles. The first kappa shape index (κ1) is 15.7. The highest BCUT2D eigenvalue weighted by molar-refractivity contribution is 9.10. The summed E-state index contributed by atoms with van der Waals surface area (Å²) in [6, 6.07) is 5.38. The van der Waals surface area contributed by atoms with E-state index in [1.54, 1.807) is 12.1 Å². The molecule has 1 saturated heterocycles. The van der Waals surface area contributed by atoms with Crippen LogP contribution < -0.4 is 10.1 Å². The molecule has 0 amide bonds. The highest BCUT2D eigenvalue weighted by Crippen LogP contribution is 2.31. The van der Waals surface area contributed by atoms with Crippen molar-refractivity contribution in [1.29, 1.82) is 0 Å². The van der Waals surface area contributed by atoms with Crippen LogP contribution in [0, 0.1) is 12.8 Å². The van der Waals surface area contributed by atoms with Crippen LogP contribution in [0.2, 0.25) is 0 Å². The van der Waals surface area contributed by atoms with E-state index in [1.807, 2.05) is 13.0 Å². The second-order valence-electron chi connectivity index (χ2n) is 5.41. The number of rotatable bonds is 5. The third kappa shape index (κ3) is 4.42. The predicted molar refractivity (Wildman–Crippen MR) is 79.5 cm³/mol. The van der Waals surface area contributed by atoms with Crippen LogP contribution in [0.5, 0.6) is 5.75 Å². The number of piperidine rings is 1. The minimum Gasteiger partial charge on any atom is -0.487 e. The first-order chi connectivity index (χ1) is 9.48. The van der Waals surface area contributed by atoms with Gasteiger partial charge in [-0.05, 0) is 50.9 Å². The molecule has 0 radical (unpaired) electrons. The molecule has 0 aliphatic carbocycles. The lowest BCUT2D eigenvalue weighted by Gasteiger charge is -2.27. The van der Waals surface area contributed by atoms with Gasteiger partial charge in [-0.25, -0.2) is 8.78 Å². The maximum Gasteiger partial charge on any atom is 0.281 e. The summed E-state index contributed by atoms with van der Waals surface area (Å²) in [4.78, 5) is 0. The van der Waals surface area contributed by atoms with Gasteiger partial charge in [-0.3, -0.25) is 0 Å². The molecule has 2 nitrogen and oxygen atoms in total. The fraction of sp³-hybridized carbons (Fsp3) is 0.600. The monoisotopic (exact) mass is 347 g/mol. The third-order valence-electron chi connectivity index (χ3n) is 3.70. The van der Waals surface area contributed by atoms with Gasteiger partial charge in [-0.15, -0.1) is 0 Å². The minimum absolute atomic E-state index is 0.0816. The van der Waals surface area contributed by atoms with Crippen molar-refractivity contribution in [2.45, 2.75) is 32.1 Å². The van der Waals surface area contributed by atoms with E-state index in [9.17, 15) is 8.78 Å². The Morgan fingerprint density at radius 3 is 2.75 bits per heavy atom. The molecule has 1 aromatic rings. The van der Waals surface area contributed by atoms with E-state index in [2.05, 4.69) is 21.2 Å². The van der Waals surface area contributed by atoms with Crippen molar-refractivity contribution in [3.8, 4) is 5.75 Å². The van der Waals surface area contributed by atoms with Crippen molar-refractivity contribution in [2.75, 3.05) is 19.7 Å². The third-order valence-corrected chi connectivity index (χ3v) is 4.56. The van der Waals surface area contributed by atoms with Gasteiger partial charge in [0.15, 0.2) is 6.61 Å². The smallest absolute Gasteiger partial charge is 0.281 e. The van der Waals surface area contributed by atoms with E-state index in [-0.39, 0.29) is 12.3 Å². The van der Waals surface area contributed by atoms with Crippen LogP contribution >= 0.6 is 15.9 Å². The molecule has 1 N–H and O–H groups in total. The molecule has 0 bridgehead atoms. The lowest BCUT2D eigenvalue weighted by atomic mass is 9.92. The van der Waals surface area contributed by atoms with E-state index < -0.39 is 12.5 Å². The summed E-state index contributed by atoms with van der Waals surface area (Å²) in [5.74, 6) is -2.15. The molecule has 0 spiro atoms. The molecule has 1 heterocycles. The van der Waals surface area contributed by atoms with E-state index >= 15 is 0 Å². The molecule has 0 unspecified atom stereocenters. The Bertz CT molecular complexity index is 447. The summed E-state index contributed by atoms with van der Waals surface area (Å²) < 4.78 is 34.1. The van der Waals surface area contributed by atoms with Gasteiger partial charge in [-0.1, -0.05) is 22.0 Å². The average molecular weight is 348 g/mol. The molecule has 0 atom stereocenters. The Kier molecular flexibility index (Phi) is 5.38. The van der Waals surface area contributed by atoms with Gasteiger partial charge in [0, 0.05) is 16.5 Å². The molecule has 112 valence electrons. The number of benzene rings is 1. The zero-order valence-electron chi connectivity index (χ0n) is 11.6. The van der Waals surface area contributed by atoms with Crippen LogP contribution in [-0.2, 0) is 0 Å². The number of hydrogen-bond donors (Lipinski definition) is 1. The summed E-state index contributed by atoms with van der Waals surface area (Å²) in [6.45, 7) is 2.98. The van der Waals surface area contributed by atoms with Crippen LogP contribution in [0.4, 0.5) is 8.78 Å². The number of nitrogens with one attached hydrogen (secondary N) is 1. The largest absolute Gasteiger partial charge is 0.487 e. The maximum absolute atomic E-state index is 14.0. The van der Waals surface area contributed by atoms with Gasteiger partial charge in [-0.2, -0.15) is 0 Å². The highest BCUT2D eigenvalue weighted by Gasteiger charge is 2.34. The summed E-state index contributed by atoms with van der Waals surface area (Å²) in [6.07, 6.45) is 1.57. The maximum atomic E-state index is 14.0. The van der Waals surface area contributed by atoms with Gasteiger partial charge in [0.25, 0.3) is 5.92 Å². The SMILES string of the molecule is Cc1c(Br)cccc1OCC(F)(F)CC1CCNCC1. The van der Waals surface area contributed by atoms with Gasteiger partial charge in [0.2, 0.25) is 0 Å². The first-order valence-corrected chi connectivity index (χ1v) is 7.74. The Morgan fingerprint density at radius 2 is 2.05 bits per heavy atom. The van der Waals surface area contributed by atoms with Crippen molar-refractivity contribution in [3.05, 3.63) is 28.2 Å². The quantitative estimate of drug-likeness (QED) is 0.863. The van der Waals surface area contributed by atoms with Crippen LogP contribution in [0.3, 0.4) is 0 Å². The lowest BCUT2D eigenvalue weighted by Crippen LogP contribution is -2.34. The molecule has 1 fully saturated rings. The average Bonchev–Trinajstić information content (AvgIpc) is 2.41. The number of ether oxygens (including phenoxy) is 1. The normalized spacial score (nSPS) is 17.2. The zero-order chi connectivity index (χ0) is 14.6. The highest BCUT2D eigenvalue weighted by atomic mass is 79.9. The molecular formula is C15H20BrF2NO. The fourth-order valence-corrected chi connectivity index (χ4v) is 2.84. The van der Waals surface area contributed by atoms with Crippen molar-refractivity contribution in [1.82, 2.24) is 5.32 Å². The molecular weight excluding hydrogens is 328 g/mol. The Labute approximate surface area is 127 Å². The van der Waals surface area contributed by atoms with E-state index in [1.165, 1.54) is 0 Å². The molecule has 0 aromatic heterocycles. The topological polar surface area (TPSA) is 21.3 Å². The number of halogens is 3. The molecule has 1 aliphatic heterocycles. The molecule has 2 rings (SSSR count). The Morgan fingerprint density at radius 1 is 1.35 bits per heavy atom. The van der Waals surface area contributed by atoms with E-state index in [0.29, 0.717) is 5.75 Å². The lowest BCUT2D eigenvalue weighted by molar-refractivity contribution is -0.0623. The van der Waals surface area contributed by atoms with Crippen molar-refractivity contribution < 1.29 is 13.5 Å². The molecule has 20 heavy (non-hydrogen) atoms. The number of alkyl halides is 2. The van der Waals surface area contributed by atoms with Crippen molar-refractivity contribution >= 4 is 15.9 Å². The number of hydrogen-bond acceptors (Lipinski definition) is 2. The van der Waals surface area contributed by atoms with Crippen LogP contribution in [0.25, 0.3) is 0 Å².